The number of carbonyl (C=O) groups excluding carboxylic acids is 2. The first kappa shape index (κ1) is 18.5. The van der Waals surface area contributed by atoms with Crippen molar-refractivity contribution in [2.45, 2.75) is 0 Å². The topological polar surface area (TPSA) is 119 Å². The third kappa shape index (κ3) is 2.72. The van der Waals surface area contributed by atoms with E-state index >= 15 is 0 Å². The van der Waals surface area contributed by atoms with Crippen molar-refractivity contribution in [2.75, 3.05) is 34.9 Å². The van der Waals surface area contributed by atoms with E-state index in [0.29, 0.717) is 0 Å². The summed E-state index contributed by atoms with van der Waals surface area (Å²) in [6.45, 7) is -0.321. The molecule has 0 unspecified atom stereocenters. The minimum atomic E-state index is -0.770. The number of hydrogen-bond acceptors (Lipinski definition) is 10. The van der Waals surface area contributed by atoms with Crippen molar-refractivity contribution >= 4 is 11.9 Å². The Hall–Kier alpha value is -3.82. The average molecular weight is 404 g/mol. The van der Waals surface area contributed by atoms with E-state index < -0.39 is 11.9 Å². The summed E-state index contributed by atoms with van der Waals surface area (Å²) in [7, 11) is 3.81. The minimum Gasteiger partial charge on any atom is -0.504 e. The molecule has 0 atom stereocenters. The van der Waals surface area contributed by atoms with Gasteiger partial charge in [-0.25, -0.2) is 9.59 Å². The molecule has 0 saturated heterocycles. The van der Waals surface area contributed by atoms with Crippen molar-refractivity contribution < 1.29 is 47.9 Å². The number of phenols is 1. The maximum atomic E-state index is 12.6. The van der Waals surface area contributed by atoms with Crippen molar-refractivity contribution in [1.29, 1.82) is 0 Å². The molecule has 29 heavy (non-hydrogen) atoms. The second-order valence-electron chi connectivity index (χ2n) is 5.93. The zero-order valence-electron chi connectivity index (χ0n) is 15.7. The van der Waals surface area contributed by atoms with Crippen LogP contribution in [0.4, 0.5) is 0 Å². The van der Waals surface area contributed by atoms with E-state index in [0.717, 1.165) is 0 Å². The molecular formula is C19H16O10. The van der Waals surface area contributed by atoms with E-state index in [4.69, 9.17) is 33.2 Å². The lowest BCUT2D eigenvalue weighted by molar-refractivity contribution is 0.0589. The minimum absolute atomic E-state index is 0.0203. The second-order valence-corrected chi connectivity index (χ2v) is 5.93. The van der Waals surface area contributed by atoms with E-state index in [1.54, 1.807) is 0 Å². The second kappa shape index (κ2) is 6.97. The van der Waals surface area contributed by atoms with Crippen LogP contribution in [0, 0.1) is 0 Å². The Morgan fingerprint density at radius 2 is 1.28 bits per heavy atom. The number of ether oxygens (including phenoxy) is 7. The molecule has 0 radical (unpaired) electrons. The van der Waals surface area contributed by atoms with Crippen LogP contribution in [0.15, 0.2) is 12.1 Å². The smallest absolute Gasteiger partial charge is 0.338 e. The van der Waals surface area contributed by atoms with Crippen LogP contribution in [-0.4, -0.2) is 52.0 Å². The molecule has 2 heterocycles. The number of hydrogen-bond donors (Lipinski definition) is 1. The number of carbonyl (C=O) groups is 2. The van der Waals surface area contributed by atoms with Gasteiger partial charge in [-0.1, -0.05) is 0 Å². The predicted molar refractivity (Wildman–Crippen MR) is 95.0 cm³/mol. The van der Waals surface area contributed by atoms with Gasteiger partial charge in [0.2, 0.25) is 25.1 Å². The van der Waals surface area contributed by atoms with Gasteiger partial charge >= 0.3 is 11.9 Å². The first-order valence-electron chi connectivity index (χ1n) is 8.34. The molecule has 2 aliphatic heterocycles. The van der Waals surface area contributed by atoms with Gasteiger partial charge < -0.3 is 38.3 Å². The summed E-state index contributed by atoms with van der Waals surface area (Å²) in [5.74, 6) is -1.09. The molecule has 0 fully saturated rings. The van der Waals surface area contributed by atoms with Gasteiger partial charge in [-0.15, -0.1) is 0 Å². The van der Waals surface area contributed by atoms with Gasteiger partial charge in [0, 0.05) is 11.1 Å². The zero-order chi connectivity index (χ0) is 20.7. The summed E-state index contributed by atoms with van der Waals surface area (Å²) in [6.07, 6.45) is 0. The monoisotopic (exact) mass is 404 g/mol. The Kier molecular flexibility index (Phi) is 4.45. The fourth-order valence-corrected chi connectivity index (χ4v) is 3.28. The molecule has 10 nitrogen and oxygen atoms in total. The highest BCUT2D eigenvalue weighted by Gasteiger charge is 2.37. The molecule has 0 saturated carbocycles. The van der Waals surface area contributed by atoms with Gasteiger partial charge in [0.1, 0.15) is 0 Å². The highest BCUT2D eigenvalue weighted by Crippen LogP contribution is 2.56. The van der Waals surface area contributed by atoms with Crippen molar-refractivity contribution in [3.05, 3.63) is 23.3 Å². The molecule has 0 aromatic heterocycles. The molecule has 152 valence electrons. The summed E-state index contributed by atoms with van der Waals surface area (Å²) in [6, 6.07) is 2.58. The van der Waals surface area contributed by atoms with Crippen LogP contribution in [0.2, 0.25) is 0 Å². The van der Waals surface area contributed by atoms with E-state index in [1.807, 2.05) is 0 Å². The van der Waals surface area contributed by atoms with Crippen molar-refractivity contribution in [1.82, 2.24) is 0 Å². The lowest BCUT2D eigenvalue weighted by atomic mass is 9.92. The third-order valence-electron chi connectivity index (χ3n) is 4.51. The van der Waals surface area contributed by atoms with Gasteiger partial charge in [-0.3, -0.25) is 0 Å². The highest BCUT2D eigenvalue weighted by molar-refractivity contribution is 6.08. The summed E-state index contributed by atoms with van der Waals surface area (Å²) in [4.78, 5) is 25.1. The first-order chi connectivity index (χ1) is 14.0. The van der Waals surface area contributed by atoms with Gasteiger partial charge in [-0.2, -0.15) is 0 Å². The van der Waals surface area contributed by atoms with Crippen molar-refractivity contribution in [3.63, 3.8) is 0 Å². The lowest BCUT2D eigenvalue weighted by Gasteiger charge is -2.18. The SMILES string of the molecule is COC(=O)c1cc(O)c2c(c1-c1c(C(=O)OC)cc(OC)c3c1OCO3)OCO2. The zero-order valence-corrected chi connectivity index (χ0v) is 15.7. The van der Waals surface area contributed by atoms with Crippen LogP contribution in [0.1, 0.15) is 20.7 Å². The Morgan fingerprint density at radius 1 is 0.793 bits per heavy atom. The number of benzene rings is 2. The lowest BCUT2D eigenvalue weighted by Crippen LogP contribution is -2.09. The normalized spacial score (nSPS) is 13.2. The van der Waals surface area contributed by atoms with E-state index in [2.05, 4.69) is 0 Å². The van der Waals surface area contributed by atoms with Gasteiger partial charge in [0.25, 0.3) is 0 Å². The number of esters is 2. The molecule has 4 rings (SSSR count). The standard InChI is InChI=1S/C19H16O10/c1-23-11-5-9(19(22)25-3)13(17-15(11)27-7-29-17)12-8(18(21)24-2)4-10(20)14-16(12)28-6-26-14/h4-5,20H,6-7H2,1-3H3. The summed E-state index contributed by atoms with van der Waals surface area (Å²) in [5, 5.41) is 10.2. The molecule has 0 spiro atoms. The van der Waals surface area contributed by atoms with Crippen LogP contribution in [0.25, 0.3) is 11.1 Å². The van der Waals surface area contributed by atoms with Crippen molar-refractivity contribution in [2.24, 2.45) is 0 Å². The van der Waals surface area contributed by atoms with Crippen LogP contribution >= 0.6 is 0 Å². The molecule has 2 aliphatic rings. The molecule has 0 amide bonds. The number of aromatic hydroxyl groups is 1. The number of rotatable bonds is 4. The van der Waals surface area contributed by atoms with Crippen LogP contribution in [0.5, 0.6) is 34.5 Å². The molecule has 1 N–H and O–H groups in total. The predicted octanol–water partition coefficient (Wildman–Crippen LogP) is 2.10. The Morgan fingerprint density at radius 3 is 1.83 bits per heavy atom. The van der Waals surface area contributed by atoms with E-state index in [9.17, 15) is 14.7 Å². The van der Waals surface area contributed by atoms with Crippen LogP contribution < -0.4 is 23.7 Å². The Balaban J connectivity index is 2.13. The molecule has 2 aromatic carbocycles. The maximum Gasteiger partial charge on any atom is 0.338 e. The number of fused-ring (bicyclic) bond motifs is 2. The molecule has 2 aromatic rings. The molecule has 0 aliphatic carbocycles. The first-order valence-corrected chi connectivity index (χ1v) is 8.34. The Labute approximate surface area is 164 Å². The molecular weight excluding hydrogens is 388 g/mol. The maximum absolute atomic E-state index is 12.6. The summed E-state index contributed by atoms with van der Waals surface area (Å²) < 4.78 is 36.9. The van der Waals surface area contributed by atoms with Gasteiger partial charge in [0.05, 0.1) is 32.5 Å². The van der Waals surface area contributed by atoms with Gasteiger partial charge in [0.15, 0.2) is 23.0 Å². The fraction of sp³-hybridized carbons (Fsp3) is 0.263. The van der Waals surface area contributed by atoms with E-state index in [1.165, 1.54) is 33.5 Å². The largest absolute Gasteiger partial charge is 0.504 e. The number of phenolic OH excluding ortho intramolecular Hbond substituents is 1. The van der Waals surface area contributed by atoms with Crippen LogP contribution in [0.3, 0.4) is 0 Å². The molecule has 0 bridgehead atoms. The van der Waals surface area contributed by atoms with Crippen LogP contribution in [-0.2, 0) is 9.47 Å². The summed E-state index contributed by atoms with van der Waals surface area (Å²) >= 11 is 0. The average Bonchev–Trinajstić information content (AvgIpc) is 3.41. The summed E-state index contributed by atoms with van der Waals surface area (Å²) in [5.41, 5.74) is 0.253. The highest BCUT2D eigenvalue weighted by atomic mass is 16.7. The molecule has 10 heteroatoms. The van der Waals surface area contributed by atoms with E-state index in [-0.39, 0.29) is 70.3 Å². The third-order valence-corrected chi connectivity index (χ3v) is 4.51. The number of methoxy groups -OCH3 is 3. The Bertz CT molecular complexity index is 1030. The van der Waals surface area contributed by atoms with Crippen molar-refractivity contribution in [3.8, 4) is 45.6 Å². The van der Waals surface area contributed by atoms with Gasteiger partial charge in [-0.05, 0) is 12.1 Å². The quantitative estimate of drug-likeness (QED) is 0.759. The fourth-order valence-electron chi connectivity index (χ4n) is 3.28.